The Morgan fingerprint density at radius 3 is 2.54 bits per heavy atom. The number of amides is 2. The van der Waals surface area contributed by atoms with Gasteiger partial charge in [0.1, 0.15) is 17.2 Å². The van der Waals surface area contributed by atoms with Crippen LogP contribution in [0.4, 0.5) is 5.82 Å². The van der Waals surface area contributed by atoms with Gasteiger partial charge in [0, 0.05) is 22.7 Å². The second kappa shape index (κ2) is 8.55. The van der Waals surface area contributed by atoms with E-state index in [1.54, 1.807) is 6.20 Å². The van der Waals surface area contributed by atoms with Gasteiger partial charge >= 0.3 is 0 Å². The molecule has 0 saturated heterocycles. The normalized spacial score (nSPS) is 23.9. The summed E-state index contributed by atoms with van der Waals surface area (Å²) in [6.07, 6.45) is 9.47. The van der Waals surface area contributed by atoms with Gasteiger partial charge in [0.2, 0.25) is 5.91 Å². The van der Waals surface area contributed by atoms with Crippen molar-refractivity contribution in [1.82, 2.24) is 9.88 Å². The van der Waals surface area contributed by atoms with Crippen molar-refractivity contribution >= 4 is 23.3 Å². The first-order chi connectivity index (χ1) is 17.7. The van der Waals surface area contributed by atoms with Crippen LogP contribution < -0.4 is 5.32 Å². The third kappa shape index (κ3) is 3.87. The van der Waals surface area contributed by atoms with Gasteiger partial charge in [-0.05, 0) is 67.9 Å². The van der Waals surface area contributed by atoms with Gasteiger partial charge in [0.25, 0.3) is 5.91 Å². The number of benzene rings is 1. The van der Waals surface area contributed by atoms with Gasteiger partial charge in [-0.25, -0.2) is 4.98 Å². The van der Waals surface area contributed by atoms with Crippen molar-refractivity contribution in [3.63, 3.8) is 0 Å². The van der Waals surface area contributed by atoms with Crippen LogP contribution in [0.2, 0.25) is 0 Å². The molecule has 4 aliphatic rings. The fraction of sp³-hybridized carbons (Fsp3) is 0.484. The molecule has 2 spiro atoms. The minimum Gasteiger partial charge on any atom is -0.310 e. The van der Waals surface area contributed by atoms with Gasteiger partial charge in [-0.2, -0.15) is 0 Å². The number of nitrogens with zero attached hydrogens (tertiary/aromatic N) is 3. The van der Waals surface area contributed by atoms with Crippen molar-refractivity contribution < 1.29 is 9.59 Å². The van der Waals surface area contributed by atoms with E-state index in [2.05, 4.69) is 55.0 Å². The maximum Gasteiger partial charge on any atom is 0.271 e. The smallest absolute Gasteiger partial charge is 0.271 e. The van der Waals surface area contributed by atoms with Gasteiger partial charge in [-0.15, -0.1) is 0 Å². The molecule has 1 atom stereocenters. The van der Waals surface area contributed by atoms with Gasteiger partial charge in [0.05, 0.1) is 12.0 Å². The Morgan fingerprint density at radius 2 is 1.78 bits per heavy atom. The lowest BCUT2D eigenvalue weighted by molar-refractivity contribution is -0.127. The number of hydrogen-bond donors (Lipinski definition) is 1. The molecular formula is C31H34N4O2. The Morgan fingerprint density at radius 1 is 1.03 bits per heavy atom. The van der Waals surface area contributed by atoms with E-state index in [1.165, 1.54) is 18.4 Å². The molecule has 37 heavy (non-hydrogen) atoms. The summed E-state index contributed by atoms with van der Waals surface area (Å²) in [5, 5.41) is 2.97. The number of fused-ring (bicyclic) bond motifs is 3. The topological polar surface area (TPSA) is 74.7 Å². The van der Waals surface area contributed by atoms with Crippen LogP contribution in [0.5, 0.6) is 0 Å². The van der Waals surface area contributed by atoms with Crippen molar-refractivity contribution in [3.8, 4) is 11.8 Å². The summed E-state index contributed by atoms with van der Waals surface area (Å²) in [5.41, 5.74) is 3.64. The molecule has 2 aromatic rings. The molecule has 6 rings (SSSR count). The molecule has 190 valence electrons. The van der Waals surface area contributed by atoms with E-state index in [0.29, 0.717) is 30.9 Å². The Balaban J connectivity index is 1.24. The molecule has 1 fully saturated rings. The molecule has 1 saturated carbocycles. The van der Waals surface area contributed by atoms with E-state index in [1.807, 2.05) is 23.1 Å². The first kappa shape index (κ1) is 23.9. The third-order valence-corrected chi connectivity index (χ3v) is 8.54. The molecule has 2 aliphatic carbocycles. The molecule has 2 aliphatic heterocycles. The molecule has 6 nitrogen and oxygen atoms in total. The Labute approximate surface area is 219 Å². The maximum atomic E-state index is 13.5. The van der Waals surface area contributed by atoms with Gasteiger partial charge in [-0.3, -0.25) is 14.6 Å². The standard InChI is InChI=1S/C31H34N4O2/c1-29(2,3)25-27(36)35(31(34-25)14-6-4-5-7-15-31)17-9-10-21-12-13-22-19-30(20-23(22)18-21)24-11-8-16-32-26(24)33-28(30)37/h8,11-13,16,18H,4-7,14-15,17,19-20H2,1-3H3,(H,32,33,37). The zero-order valence-electron chi connectivity index (χ0n) is 22.0. The summed E-state index contributed by atoms with van der Waals surface area (Å²) in [5.74, 6) is 7.37. The molecule has 2 amide bonds. The largest absolute Gasteiger partial charge is 0.310 e. The van der Waals surface area contributed by atoms with E-state index >= 15 is 0 Å². The molecule has 1 N–H and O–H groups in total. The van der Waals surface area contributed by atoms with Crippen LogP contribution in [0.15, 0.2) is 41.5 Å². The number of nitrogens with one attached hydrogen (secondary N) is 1. The monoisotopic (exact) mass is 494 g/mol. The lowest BCUT2D eigenvalue weighted by Gasteiger charge is -2.34. The number of pyridine rings is 1. The van der Waals surface area contributed by atoms with E-state index in [4.69, 9.17) is 4.99 Å². The number of carbonyl (C=O) groups excluding carboxylic acids is 2. The number of anilines is 1. The second-order valence-corrected chi connectivity index (χ2v) is 12.1. The lowest BCUT2D eigenvalue weighted by Crippen LogP contribution is -2.47. The van der Waals surface area contributed by atoms with Crippen LogP contribution in [-0.4, -0.2) is 39.6 Å². The van der Waals surface area contributed by atoms with Crippen molar-refractivity contribution in [2.75, 3.05) is 11.9 Å². The lowest BCUT2D eigenvalue weighted by atomic mass is 9.79. The van der Waals surface area contributed by atoms with Crippen LogP contribution in [0.25, 0.3) is 0 Å². The number of carbonyl (C=O) groups is 2. The first-order valence-corrected chi connectivity index (χ1v) is 13.5. The van der Waals surface area contributed by atoms with E-state index < -0.39 is 11.1 Å². The van der Waals surface area contributed by atoms with Crippen molar-refractivity contribution in [1.29, 1.82) is 0 Å². The van der Waals surface area contributed by atoms with Gasteiger partial charge < -0.3 is 10.2 Å². The number of aromatic nitrogens is 1. The van der Waals surface area contributed by atoms with Crippen molar-refractivity contribution in [3.05, 3.63) is 58.8 Å². The average molecular weight is 495 g/mol. The minimum absolute atomic E-state index is 0.0286. The molecule has 1 unspecified atom stereocenters. The fourth-order valence-electron chi connectivity index (χ4n) is 6.58. The van der Waals surface area contributed by atoms with E-state index in [-0.39, 0.29) is 17.2 Å². The average Bonchev–Trinajstić information content (AvgIpc) is 3.38. The van der Waals surface area contributed by atoms with Crippen LogP contribution in [-0.2, 0) is 27.8 Å². The molecule has 0 radical (unpaired) electrons. The minimum atomic E-state index is -0.577. The fourth-order valence-corrected chi connectivity index (χ4v) is 6.58. The number of rotatable bonds is 1. The van der Waals surface area contributed by atoms with Crippen molar-refractivity contribution in [2.45, 2.75) is 83.2 Å². The highest BCUT2D eigenvalue weighted by molar-refractivity contribution is 6.42. The van der Waals surface area contributed by atoms with Gasteiger partial charge in [0.15, 0.2) is 0 Å². The predicted octanol–water partition coefficient (Wildman–Crippen LogP) is 4.80. The maximum absolute atomic E-state index is 13.5. The predicted molar refractivity (Wildman–Crippen MR) is 144 cm³/mol. The van der Waals surface area contributed by atoms with Crippen LogP contribution >= 0.6 is 0 Å². The summed E-state index contributed by atoms with van der Waals surface area (Å²) in [6, 6.07) is 10.2. The van der Waals surface area contributed by atoms with Crippen LogP contribution in [0.3, 0.4) is 0 Å². The summed E-state index contributed by atoms with van der Waals surface area (Å²) in [7, 11) is 0. The molecule has 1 aromatic carbocycles. The molecule has 0 bridgehead atoms. The SMILES string of the molecule is CC(C)(C)C1=NC2(CCCCCC2)N(CC#Cc2ccc3c(c2)CC2(C3)C(=O)Nc3ncccc32)C1=O. The highest BCUT2D eigenvalue weighted by atomic mass is 16.2. The van der Waals surface area contributed by atoms with Crippen molar-refractivity contribution in [2.24, 2.45) is 10.4 Å². The van der Waals surface area contributed by atoms with Gasteiger partial charge in [-0.1, -0.05) is 57.6 Å². The van der Waals surface area contributed by atoms with Crippen LogP contribution in [0.1, 0.15) is 81.5 Å². The first-order valence-electron chi connectivity index (χ1n) is 13.5. The second-order valence-electron chi connectivity index (χ2n) is 12.1. The molecule has 3 heterocycles. The summed E-state index contributed by atoms with van der Waals surface area (Å²) >= 11 is 0. The highest BCUT2D eigenvalue weighted by Gasteiger charge is 2.51. The summed E-state index contributed by atoms with van der Waals surface area (Å²) < 4.78 is 0. The zero-order valence-corrected chi connectivity index (χ0v) is 22.0. The zero-order chi connectivity index (χ0) is 25.8. The molecular weight excluding hydrogens is 460 g/mol. The Hall–Kier alpha value is -3.46. The van der Waals surface area contributed by atoms with Crippen LogP contribution in [0, 0.1) is 17.3 Å². The number of aliphatic imine (C=N–C) groups is 1. The third-order valence-electron chi connectivity index (χ3n) is 8.54. The molecule has 6 heteroatoms. The summed E-state index contributed by atoms with van der Waals surface area (Å²) in [4.78, 5) is 37.9. The van der Waals surface area contributed by atoms with E-state index in [0.717, 1.165) is 42.4 Å². The molecule has 1 aromatic heterocycles. The number of hydrogen-bond acceptors (Lipinski definition) is 4. The summed E-state index contributed by atoms with van der Waals surface area (Å²) in [6.45, 7) is 6.59. The highest BCUT2D eigenvalue weighted by Crippen LogP contribution is 2.46. The Bertz CT molecular complexity index is 1380. The Kier molecular flexibility index (Phi) is 5.52. The quantitative estimate of drug-likeness (QED) is 0.579. The van der Waals surface area contributed by atoms with E-state index in [9.17, 15) is 9.59 Å².